The van der Waals surface area contributed by atoms with E-state index >= 15 is 0 Å². The summed E-state index contributed by atoms with van der Waals surface area (Å²) < 4.78 is 7.92. The molecule has 0 amide bonds. The first-order valence-electron chi connectivity index (χ1n) is 8.46. The molecule has 2 heterocycles. The van der Waals surface area contributed by atoms with Gasteiger partial charge in [0.05, 0.1) is 17.9 Å². The van der Waals surface area contributed by atoms with Crippen LogP contribution in [0.15, 0.2) is 64.6 Å². The van der Waals surface area contributed by atoms with E-state index in [2.05, 4.69) is 36.8 Å². The van der Waals surface area contributed by atoms with Crippen LogP contribution in [0, 0.1) is 0 Å². The van der Waals surface area contributed by atoms with Gasteiger partial charge in [-0.1, -0.05) is 63.5 Å². The summed E-state index contributed by atoms with van der Waals surface area (Å²) in [5.41, 5.74) is 2.84. The molecule has 1 aliphatic heterocycles. The molecule has 1 aromatic heterocycles. The van der Waals surface area contributed by atoms with Gasteiger partial charge in [0.1, 0.15) is 6.04 Å². The number of carbonyl (C=O) groups excluding carboxylic acids is 1. The molecule has 3 aromatic rings. The summed E-state index contributed by atoms with van der Waals surface area (Å²) in [5.74, 6) is 0.0627. The molecule has 4 rings (SSSR count). The first kappa shape index (κ1) is 17.4. The summed E-state index contributed by atoms with van der Waals surface area (Å²) in [6.45, 7) is 2.06. The van der Waals surface area contributed by atoms with Gasteiger partial charge in [0.2, 0.25) is 5.95 Å². The fraction of sp³-hybridized carbons (Fsp3) is 0.158. The summed E-state index contributed by atoms with van der Waals surface area (Å²) in [6.07, 6.45) is 0. The number of anilines is 1. The topological polar surface area (TPSA) is 81.9 Å². The van der Waals surface area contributed by atoms with E-state index in [9.17, 15) is 4.79 Å². The molecule has 8 heteroatoms. The molecular formula is C19H16BrN5O2. The Labute approximate surface area is 164 Å². The van der Waals surface area contributed by atoms with Crippen molar-refractivity contribution in [2.24, 2.45) is 0 Å². The standard InChI is InChI=1S/C19H16BrN5O2/c1-2-27-18(26)15-16(12-6-4-3-5-7-12)21-19-22-23-24-25(19)17(15)13-8-10-14(20)11-9-13/h3-11,17H,2H2,1H3,(H,21,22,24). The second-order valence-electron chi connectivity index (χ2n) is 5.90. The van der Waals surface area contributed by atoms with Crippen molar-refractivity contribution in [2.45, 2.75) is 13.0 Å². The number of halogens is 1. The van der Waals surface area contributed by atoms with Crippen LogP contribution in [0.25, 0.3) is 5.70 Å². The zero-order valence-electron chi connectivity index (χ0n) is 14.5. The largest absolute Gasteiger partial charge is 0.463 e. The molecule has 0 aliphatic carbocycles. The van der Waals surface area contributed by atoms with Crippen molar-refractivity contribution < 1.29 is 9.53 Å². The highest BCUT2D eigenvalue weighted by Crippen LogP contribution is 2.38. The Balaban J connectivity index is 1.95. The monoisotopic (exact) mass is 425 g/mol. The molecule has 0 saturated heterocycles. The van der Waals surface area contributed by atoms with Crippen LogP contribution in [0.3, 0.4) is 0 Å². The first-order valence-corrected chi connectivity index (χ1v) is 9.25. The fourth-order valence-corrected chi connectivity index (χ4v) is 3.36. The predicted molar refractivity (Wildman–Crippen MR) is 104 cm³/mol. The highest BCUT2D eigenvalue weighted by Gasteiger charge is 2.36. The van der Waals surface area contributed by atoms with E-state index in [1.807, 2.05) is 54.6 Å². The van der Waals surface area contributed by atoms with Crippen molar-refractivity contribution >= 4 is 33.5 Å². The van der Waals surface area contributed by atoms with E-state index in [1.165, 1.54) is 0 Å². The molecule has 0 spiro atoms. The third kappa shape index (κ3) is 3.23. The molecule has 7 nitrogen and oxygen atoms in total. The molecule has 27 heavy (non-hydrogen) atoms. The summed E-state index contributed by atoms with van der Waals surface area (Å²) in [5, 5.41) is 15.1. The summed E-state index contributed by atoms with van der Waals surface area (Å²) in [7, 11) is 0. The van der Waals surface area contributed by atoms with E-state index in [0.29, 0.717) is 17.2 Å². The van der Waals surface area contributed by atoms with Gasteiger partial charge in [0, 0.05) is 4.47 Å². The van der Waals surface area contributed by atoms with Crippen LogP contribution in [0.1, 0.15) is 24.1 Å². The van der Waals surface area contributed by atoms with Gasteiger partial charge >= 0.3 is 5.97 Å². The zero-order valence-corrected chi connectivity index (χ0v) is 16.0. The summed E-state index contributed by atoms with van der Waals surface area (Å²) >= 11 is 3.45. The van der Waals surface area contributed by atoms with Crippen LogP contribution >= 0.6 is 15.9 Å². The Kier molecular flexibility index (Phi) is 4.72. The molecule has 1 atom stereocenters. The Hall–Kier alpha value is -3.00. The van der Waals surface area contributed by atoms with Crippen molar-refractivity contribution in [3.05, 3.63) is 75.8 Å². The van der Waals surface area contributed by atoms with Crippen molar-refractivity contribution in [3.8, 4) is 0 Å². The number of fused-ring (bicyclic) bond motifs is 1. The minimum absolute atomic E-state index is 0.278. The number of nitrogens with one attached hydrogen (secondary N) is 1. The average Bonchev–Trinajstić information content (AvgIpc) is 3.16. The maximum Gasteiger partial charge on any atom is 0.338 e. The minimum atomic E-state index is -0.501. The molecule has 0 bridgehead atoms. The first-order chi connectivity index (χ1) is 13.2. The smallest absolute Gasteiger partial charge is 0.338 e. The number of hydrogen-bond donors (Lipinski definition) is 1. The number of rotatable bonds is 4. The van der Waals surface area contributed by atoms with Crippen LogP contribution in [-0.4, -0.2) is 32.8 Å². The van der Waals surface area contributed by atoms with Crippen molar-refractivity contribution in [3.63, 3.8) is 0 Å². The second kappa shape index (κ2) is 7.32. The Bertz CT molecular complexity index is 998. The Morgan fingerprint density at radius 3 is 2.63 bits per heavy atom. The summed E-state index contributed by atoms with van der Waals surface area (Å²) in [4.78, 5) is 13.0. The maximum absolute atomic E-state index is 13.0. The van der Waals surface area contributed by atoms with Gasteiger partial charge in [-0.2, -0.15) is 4.68 Å². The maximum atomic E-state index is 13.0. The number of nitrogens with zero attached hydrogens (tertiary/aromatic N) is 4. The zero-order chi connectivity index (χ0) is 18.8. The van der Waals surface area contributed by atoms with Crippen LogP contribution in [0.4, 0.5) is 5.95 Å². The van der Waals surface area contributed by atoms with E-state index in [1.54, 1.807) is 11.6 Å². The molecule has 0 radical (unpaired) electrons. The Morgan fingerprint density at radius 1 is 1.19 bits per heavy atom. The lowest BCUT2D eigenvalue weighted by Crippen LogP contribution is -2.30. The van der Waals surface area contributed by atoms with Gasteiger partial charge in [0.25, 0.3) is 0 Å². The number of carbonyl (C=O) groups is 1. The van der Waals surface area contributed by atoms with E-state index in [4.69, 9.17) is 4.74 Å². The van der Waals surface area contributed by atoms with Crippen LogP contribution in [0.5, 0.6) is 0 Å². The fourth-order valence-electron chi connectivity index (χ4n) is 3.10. The highest BCUT2D eigenvalue weighted by atomic mass is 79.9. The van der Waals surface area contributed by atoms with Crippen LogP contribution in [0.2, 0.25) is 0 Å². The lowest BCUT2D eigenvalue weighted by Gasteiger charge is -2.28. The van der Waals surface area contributed by atoms with E-state index in [0.717, 1.165) is 15.6 Å². The SMILES string of the molecule is CCOC(=O)C1=C(c2ccccc2)Nc2nnnn2C1c1ccc(Br)cc1. The molecule has 0 fully saturated rings. The lowest BCUT2D eigenvalue weighted by molar-refractivity contribution is -0.138. The number of hydrogen-bond acceptors (Lipinski definition) is 6. The number of esters is 1. The van der Waals surface area contributed by atoms with Gasteiger partial charge < -0.3 is 10.1 Å². The highest BCUT2D eigenvalue weighted by molar-refractivity contribution is 9.10. The molecule has 2 aromatic carbocycles. The van der Waals surface area contributed by atoms with Gasteiger partial charge in [-0.3, -0.25) is 0 Å². The van der Waals surface area contributed by atoms with Crippen LogP contribution < -0.4 is 5.32 Å². The number of tetrazole rings is 1. The average molecular weight is 426 g/mol. The number of ether oxygens (including phenoxy) is 1. The molecule has 1 N–H and O–H groups in total. The van der Waals surface area contributed by atoms with Crippen molar-refractivity contribution in [2.75, 3.05) is 11.9 Å². The van der Waals surface area contributed by atoms with E-state index in [-0.39, 0.29) is 6.61 Å². The van der Waals surface area contributed by atoms with Gasteiger partial charge in [-0.05, 0) is 40.6 Å². The third-order valence-corrected chi connectivity index (χ3v) is 4.79. The Morgan fingerprint density at radius 2 is 1.93 bits per heavy atom. The van der Waals surface area contributed by atoms with Gasteiger partial charge in [-0.15, -0.1) is 0 Å². The van der Waals surface area contributed by atoms with E-state index < -0.39 is 12.0 Å². The third-order valence-electron chi connectivity index (χ3n) is 4.26. The molecule has 136 valence electrons. The normalized spacial score (nSPS) is 15.9. The molecule has 1 unspecified atom stereocenters. The van der Waals surface area contributed by atoms with Gasteiger partial charge in [-0.25, -0.2) is 4.79 Å². The molecule has 0 saturated carbocycles. The van der Waals surface area contributed by atoms with Crippen molar-refractivity contribution in [1.29, 1.82) is 0 Å². The van der Waals surface area contributed by atoms with Crippen molar-refractivity contribution in [1.82, 2.24) is 20.2 Å². The lowest BCUT2D eigenvalue weighted by atomic mass is 9.93. The second-order valence-corrected chi connectivity index (χ2v) is 6.82. The summed E-state index contributed by atoms with van der Waals surface area (Å²) in [6, 6.07) is 16.8. The molecule has 1 aliphatic rings. The number of benzene rings is 2. The quantitative estimate of drug-likeness (QED) is 0.644. The molecular weight excluding hydrogens is 410 g/mol. The number of aromatic nitrogens is 4. The predicted octanol–water partition coefficient (Wildman–Crippen LogP) is 3.42. The van der Waals surface area contributed by atoms with Gasteiger partial charge in [0.15, 0.2) is 0 Å². The van der Waals surface area contributed by atoms with Crippen LogP contribution in [-0.2, 0) is 9.53 Å². The minimum Gasteiger partial charge on any atom is -0.463 e.